The van der Waals surface area contributed by atoms with Crippen molar-refractivity contribution in [1.82, 2.24) is 19.7 Å². The summed E-state index contributed by atoms with van der Waals surface area (Å²) in [5.41, 5.74) is -0.255. The molecule has 1 aliphatic rings. The van der Waals surface area contributed by atoms with Gasteiger partial charge in [-0.3, -0.25) is 9.59 Å². The van der Waals surface area contributed by atoms with Gasteiger partial charge in [-0.05, 0) is 12.0 Å². The first-order chi connectivity index (χ1) is 11.1. The number of hydrogen-bond acceptors (Lipinski definition) is 4. The molecule has 7 heteroatoms. The van der Waals surface area contributed by atoms with E-state index in [2.05, 4.69) is 10.2 Å². The molecule has 1 N–H and O–H groups in total. The molecule has 1 aliphatic heterocycles. The van der Waals surface area contributed by atoms with Gasteiger partial charge in [-0.25, -0.2) is 0 Å². The Bertz CT molecular complexity index is 687. The van der Waals surface area contributed by atoms with Crippen LogP contribution >= 0.6 is 0 Å². The van der Waals surface area contributed by atoms with Gasteiger partial charge in [0.1, 0.15) is 18.1 Å². The van der Waals surface area contributed by atoms with Crippen LogP contribution in [0.2, 0.25) is 0 Å². The Hall–Kier alpha value is -2.70. The molecule has 0 unspecified atom stereocenters. The Balaban J connectivity index is 1.70. The van der Waals surface area contributed by atoms with Crippen molar-refractivity contribution in [3.63, 3.8) is 0 Å². The number of nitrogens with zero attached hydrogens (tertiary/aromatic N) is 4. The number of hydrogen-bond donors (Lipinski definition) is 1. The Morgan fingerprint density at radius 2 is 1.87 bits per heavy atom. The monoisotopic (exact) mass is 314 g/mol. The third kappa shape index (κ3) is 2.94. The summed E-state index contributed by atoms with van der Waals surface area (Å²) in [5, 5.41) is 17.1. The molecule has 120 valence electrons. The van der Waals surface area contributed by atoms with Crippen LogP contribution in [-0.2, 0) is 21.5 Å². The van der Waals surface area contributed by atoms with Gasteiger partial charge >= 0.3 is 5.97 Å². The maximum Gasteiger partial charge on any atom is 0.316 e. The Morgan fingerprint density at radius 3 is 2.52 bits per heavy atom. The van der Waals surface area contributed by atoms with E-state index in [-0.39, 0.29) is 12.5 Å². The smallest absolute Gasteiger partial charge is 0.316 e. The van der Waals surface area contributed by atoms with Gasteiger partial charge in [0, 0.05) is 26.1 Å². The molecule has 2 aromatic rings. The molecule has 0 aliphatic carbocycles. The van der Waals surface area contributed by atoms with Crippen LogP contribution in [0.25, 0.3) is 0 Å². The van der Waals surface area contributed by atoms with E-state index < -0.39 is 11.4 Å². The zero-order chi connectivity index (χ0) is 16.3. The van der Waals surface area contributed by atoms with Crippen LogP contribution in [0.15, 0.2) is 43.0 Å². The summed E-state index contributed by atoms with van der Waals surface area (Å²) in [6.45, 7) is 1.17. The topological polar surface area (TPSA) is 88.3 Å². The maximum absolute atomic E-state index is 12.4. The van der Waals surface area contributed by atoms with Gasteiger partial charge in [0.15, 0.2) is 0 Å². The number of aromatic nitrogens is 3. The Kier molecular flexibility index (Phi) is 4.10. The van der Waals surface area contributed by atoms with Gasteiger partial charge < -0.3 is 14.6 Å². The van der Waals surface area contributed by atoms with Crippen molar-refractivity contribution in [2.24, 2.45) is 0 Å². The number of aliphatic carboxylic acids is 1. The number of carboxylic acids is 1. The van der Waals surface area contributed by atoms with E-state index in [1.54, 1.807) is 22.1 Å². The molecule has 2 heterocycles. The summed E-state index contributed by atoms with van der Waals surface area (Å²) in [7, 11) is 0. The second kappa shape index (κ2) is 6.20. The highest BCUT2D eigenvalue weighted by molar-refractivity contribution is 5.85. The van der Waals surface area contributed by atoms with Crippen molar-refractivity contribution in [3.8, 4) is 0 Å². The standard InChI is InChI=1S/C16H18N4O3/c21-14(6-8-19-11-17-18-12-19)20-9-7-16(10-20,15(22)23)13-4-2-1-3-5-13/h1-5,11-12H,6-10H2,(H,22,23)/t16-/m1/s1. The van der Waals surface area contributed by atoms with Gasteiger partial charge in [0.25, 0.3) is 0 Å². The summed E-state index contributed by atoms with van der Waals surface area (Å²) >= 11 is 0. The minimum absolute atomic E-state index is 0.0437. The van der Waals surface area contributed by atoms with Gasteiger partial charge in [-0.2, -0.15) is 0 Å². The van der Waals surface area contributed by atoms with E-state index in [9.17, 15) is 14.7 Å². The van der Waals surface area contributed by atoms with E-state index >= 15 is 0 Å². The summed E-state index contributed by atoms with van der Waals surface area (Å²) in [6, 6.07) is 9.15. The number of benzene rings is 1. The fourth-order valence-corrected chi connectivity index (χ4v) is 3.03. The molecular formula is C16H18N4O3. The van der Waals surface area contributed by atoms with E-state index in [0.29, 0.717) is 25.9 Å². The zero-order valence-electron chi connectivity index (χ0n) is 12.6. The lowest BCUT2D eigenvalue weighted by atomic mass is 9.80. The lowest BCUT2D eigenvalue weighted by Gasteiger charge is -2.25. The third-order valence-corrected chi connectivity index (χ3v) is 4.41. The normalized spacial score (nSPS) is 20.6. The van der Waals surface area contributed by atoms with Crippen LogP contribution in [0, 0.1) is 0 Å². The molecule has 1 atom stereocenters. The number of carbonyl (C=O) groups is 2. The number of carboxylic acid groups (broad SMARTS) is 1. The fourth-order valence-electron chi connectivity index (χ4n) is 3.03. The molecule has 1 aromatic heterocycles. The quantitative estimate of drug-likeness (QED) is 0.886. The predicted molar refractivity (Wildman–Crippen MR) is 81.6 cm³/mol. The number of aryl methyl sites for hydroxylation is 1. The summed E-state index contributed by atoms with van der Waals surface area (Å²) in [5.74, 6) is -0.921. The molecule has 0 spiro atoms. The molecule has 23 heavy (non-hydrogen) atoms. The van der Waals surface area contributed by atoms with Crippen molar-refractivity contribution >= 4 is 11.9 Å². The number of rotatable bonds is 5. The number of carbonyl (C=O) groups excluding carboxylic acids is 1. The van der Waals surface area contributed by atoms with Crippen LogP contribution in [0.4, 0.5) is 0 Å². The van der Waals surface area contributed by atoms with Gasteiger partial charge in [-0.1, -0.05) is 30.3 Å². The second-order valence-corrected chi connectivity index (χ2v) is 5.77. The molecule has 3 rings (SSSR count). The first kappa shape index (κ1) is 15.2. The maximum atomic E-state index is 12.4. The molecule has 1 saturated heterocycles. The average Bonchev–Trinajstić information content (AvgIpc) is 3.24. The van der Waals surface area contributed by atoms with Crippen molar-refractivity contribution < 1.29 is 14.7 Å². The van der Waals surface area contributed by atoms with Crippen molar-refractivity contribution in [2.75, 3.05) is 13.1 Å². The van der Waals surface area contributed by atoms with Gasteiger partial charge in [-0.15, -0.1) is 10.2 Å². The average molecular weight is 314 g/mol. The number of likely N-dealkylation sites (tertiary alicyclic amines) is 1. The minimum Gasteiger partial charge on any atom is -0.481 e. The molecule has 0 bridgehead atoms. The van der Waals surface area contributed by atoms with Gasteiger partial charge in [0.2, 0.25) is 5.91 Å². The van der Waals surface area contributed by atoms with Crippen LogP contribution in [0.3, 0.4) is 0 Å². The van der Waals surface area contributed by atoms with Crippen LogP contribution < -0.4 is 0 Å². The third-order valence-electron chi connectivity index (χ3n) is 4.41. The lowest BCUT2D eigenvalue weighted by molar-refractivity contribution is -0.143. The molecule has 7 nitrogen and oxygen atoms in total. The van der Waals surface area contributed by atoms with E-state index in [1.165, 1.54) is 0 Å². The van der Waals surface area contributed by atoms with Crippen molar-refractivity contribution in [1.29, 1.82) is 0 Å². The lowest BCUT2D eigenvalue weighted by Crippen LogP contribution is -2.40. The Labute approximate surface area is 133 Å². The van der Waals surface area contributed by atoms with E-state index in [4.69, 9.17) is 0 Å². The first-order valence-electron chi connectivity index (χ1n) is 7.51. The van der Waals surface area contributed by atoms with E-state index in [0.717, 1.165) is 5.56 Å². The molecular weight excluding hydrogens is 296 g/mol. The molecule has 1 fully saturated rings. The first-order valence-corrected chi connectivity index (χ1v) is 7.51. The molecule has 1 amide bonds. The summed E-state index contributed by atoms with van der Waals surface area (Å²) in [4.78, 5) is 25.9. The molecule has 1 aromatic carbocycles. The fraction of sp³-hybridized carbons (Fsp3) is 0.375. The highest BCUT2D eigenvalue weighted by Crippen LogP contribution is 2.35. The predicted octanol–water partition coefficient (Wildman–Crippen LogP) is 0.923. The van der Waals surface area contributed by atoms with E-state index in [1.807, 2.05) is 30.3 Å². The zero-order valence-corrected chi connectivity index (χ0v) is 12.6. The molecule has 0 saturated carbocycles. The second-order valence-electron chi connectivity index (χ2n) is 5.77. The van der Waals surface area contributed by atoms with Crippen LogP contribution in [-0.4, -0.2) is 49.7 Å². The molecule has 0 radical (unpaired) electrons. The van der Waals surface area contributed by atoms with Crippen LogP contribution in [0.1, 0.15) is 18.4 Å². The highest BCUT2D eigenvalue weighted by Gasteiger charge is 2.47. The van der Waals surface area contributed by atoms with Crippen molar-refractivity contribution in [3.05, 3.63) is 48.5 Å². The highest BCUT2D eigenvalue weighted by atomic mass is 16.4. The summed E-state index contributed by atoms with van der Waals surface area (Å²) < 4.78 is 1.73. The number of amides is 1. The Morgan fingerprint density at radius 1 is 1.17 bits per heavy atom. The van der Waals surface area contributed by atoms with Crippen molar-refractivity contribution in [2.45, 2.75) is 24.8 Å². The van der Waals surface area contributed by atoms with Gasteiger partial charge in [0.05, 0.1) is 0 Å². The largest absolute Gasteiger partial charge is 0.481 e. The SMILES string of the molecule is O=C(CCn1cnnc1)N1CC[C@](C(=O)O)(c2ccccc2)C1. The minimum atomic E-state index is -1.01. The summed E-state index contributed by atoms with van der Waals surface area (Å²) in [6.07, 6.45) is 3.86. The van der Waals surface area contributed by atoms with Crippen LogP contribution in [0.5, 0.6) is 0 Å².